The van der Waals surface area contributed by atoms with Gasteiger partial charge in [0.25, 0.3) is 5.91 Å². The Kier molecular flexibility index (Phi) is 8.73. The molecule has 0 aromatic carbocycles. The fourth-order valence-corrected chi connectivity index (χ4v) is 5.54. The fourth-order valence-electron chi connectivity index (χ4n) is 5.54. The average molecular weight is 670 g/mol. The number of hydrogen-bond acceptors (Lipinski definition) is 8. The number of carbonyl (C=O) groups excluding carboxylic acids is 2. The van der Waals surface area contributed by atoms with E-state index in [1.54, 1.807) is 0 Å². The lowest BCUT2D eigenvalue weighted by molar-refractivity contribution is -0.150. The molecule has 1 aliphatic carbocycles. The summed E-state index contributed by atoms with van der Waals surface area (Å²) in [6.45, 7) is -1.06. The largest absolute Gasteiger partial charge is 0.410 e. The van der Waals surface area contributed by atoms with Gasteiger partial charge >= 0.3 is 18.4 Å². The molecule has 0 radical (unpaired) electrons. The molecule has 1 saturated heterocycles. The molecule has 3 atom stereocenters. The van der Waals surface area contributed by atoms with E-state index in [2.05, 4.69) is 30.3 Å². The number of rotatable bonds is 10. The number of imidazole rings is 1. The van der Waals surface area contributed by atoms with Gasteiger partial charge in [0.2, 0.25) is 5.92 Å². The molecule has 1 aliphatic heterocycles. The van der Waals surface area contributed by atoms with Crippen LogP contribution in [0.5, 0.6) is 0 Å². The predicted molar refractivity (Wildman–Crippen MR) is 138 cm³/mol. The Balaban J connectivity index is 1.47. The molecule has 2 fully saturated rings. The summed E-state index contributed by atoms with van der Waals surface area (Å²) in [6, 6.07) is -4.15. The molecule has 3 amide bonds. The maximum Gasteiger partial charge on any atom is 0.410 e. The van der Waals surface area contributed by atoms with Gasteiger partial charge in [0.1, 0.15) is 11.7 Å². The second-order valence-electron chi connectivity index (χ2n) is 11.2. The van der Waals surface area contributed by atoms with Crippen LogP contribution in [0.15, 0.2) is 23.1 Å². The first kappa shape index (κ1) is 31.9. The number of halogens is 8. The quantitative estimate of drug-likeness (QED) is 0.300. The van der Waals surface area contributed by atoms with Crippen LogP contribution in [0.3, 0.4) is 0 Å². The van der Waals surface area contributed by atoms with Gasteiger partial charge in [-0.3, -0.25) is 4.79 Å². The number of hydrogen-bond donors (Lipinski definition) is 2. The van der Waals surface area contributed by atoms with E-state index in [4.69, 9.17) is 6.11 Å². The van der Waals surface area contributed by atoms with Crippen molar-refractivity contribution in [3.63, 3.8) is 0 Å². The van der Waals surface area contributed by atoms with Crippen molar-refractivity contribution in [2.45, 2.75) is 74.9 Å². The van der Waals surface area contributed by atoms with E-state index in [1.807, 2.05) is 5.32 Å². The monoisotopic (exact) mass is 669 g/mol. The summed E-state index contributed by atoms with van der Waals surface area (Å²) in [5.41, 5.74) is -0.771. The summed E-state index contributed by atoms with van der Waals surface area (Å²) in [7, 11) is 1.26. The Hall–Kier alpha value is -4.10. The van der Waals surface area contributed by atoms with E-state index < -0.39 is 98.4 Å². The van der Waals surface area contributed by atoms with Crippen LogP contribution in [0, 0.1) is 5.92 Å². The third-order valence-electron chi connectivity index (χ3n) is 7.95. The molecule has 1 saturated carbocycles. The number of nitrogens with zero attached hydrogens (tertiary/aromatic N) is 6. The van der Waals surface area contributed by atoms with Crippen molar-refractivity contribution < 1.29 is 55.4 Å². The lowest BCUT2D eigenvalue weighted by Crippen LogP contribution is -2.40. The van der Waals surface area contributed by atoms with Gasteiger partial charge in [0.15, 0.2) is 11.3 Å². The highest BCUT2D eigenvalue weighted by Crippen LogP contribution is 2.41. The normalized spacial score (nSPS) is 20.9. The number of aromatic nitrogens is 5. The van der Waals surface area contributed by atoms with Gasteiger partial charge < -0.3 is 20.3 Å². The Morgan fingerprint density at radius 3 is 2.59 bits per heavy atom. The summed E-state index contributed by atoms with van der Waals surface area (Å²) in [6.07, 6.45) is -11.6. The molecular formula is C26H28F8N8O4. The lowest BCUT2D eigenvalue weighted by atomic mass is 9.81. The third kappa shape index (κ3) is 7.47. The van der Waals surface area contributed by atoms with E-state index in [9.17, 15) is 44.7 Å². The Morgan fingerprint density at radius 2 is 1.96 bits per heavy atom. The molecule has 0 spiro atoms. The maximum atomic E-state index is 14.0. The molecule has 252 valence electrons. The highest BCUT2D eigenvalue weighted by Gasteiger charge is 2.49. The molecule has 0 unspecified atom stereocenters. The molecule has 3 aromatic heterocycles. The summed E-state index contributed by atoms with van der Waals surface area (Å²) in [5.74, 6) is -4.55. The Morgan fingerprint density at radius 1 is 1.24 bits per heavy atom. The number of amides is 3. The van der Waals surface area contributed by atoms with E-state index in [1.165, 1.54) is 19.4 Å². The maximum absolute atomic E-state index is 14.0. The molecule has 2 aliphatic rings. The van der Waals surface area contributed by atoms with E-state index >= 15 is 0 Å². The molecule has 46 heavy (non-hydrogen) atoms. The second-order valence-corrected chi connectivity index (χ2v) is 11.2. The van der Waals surface area contributed by atoms with Crippen molar-refractivity contribution in [3.05, 3.63) is 41.1 Å². The van der Waals surface area contributed by atoms with Crippen molar-refractivity contribution in [3.8, 4) is 0 Å². The molecule has 3 aromatic rings. The summed E-state index contributed by atoms with van der Waals surface area (Å²) >= 11 is 0. The van der Waals surface area contributed by atoms with Crippen LogP contribution in [0.25, 0.3) is 5.65 Å². The summed E-state index contributed by atoms with van der Waals surface area (Å²) in [5, 5.41) is 15.4. The van der Waals surface area contributed by atoms with Gasteiger partial charge in [-0.25, -0.2) is 27.7 Å². The fraction of sp³-hybridized carbons (Fsp3) is 0.615. The molecule has 4 heterocycles. The van der Waals surface area contributed by atoms with Crippen molar-refractivity contribution in [1.82, 2.24) is 40.4 Å². The number of alkyl halides is 8. The SMILES string of the molecule is [2H]c1nn2cc([C@@H](NC(=O)c3nonc3CCC(F)(F)F)C3CCC(F)(F)CC3)nc2cc1[C@@H](COC)N1C[C@@H](C(F)(F)F)NC1=O. The van der Waals surface area contributed by atoms with Crippen molar-refractivity contribution in [1.29, 1.82) is 0 Å². The topological polar surface area (TPSA) is 140 Å². The Labute approximate surface area is 256 Å². The lowest BCUT2D eigenvalue weighted by Gasteiger charge is -2.33. The van der Waals surface area contributed by atoms with Crippen molar-refractivity contribution >= 4 is 17.6 Å². The Bertz CT molecular complexity index is 1600. The average Bonchev–Trinajstić information content (AvgIpc) is 3.71. The molecule has 0 bridgehead atoms. The number of aryl methyl sites for hydroxylation is 1. The number of ether oxygens (including phenoxy) is 1. The van der Waals surface area contributed by atoms with Crippen LogP contribution < -0.4 is 10.6 Å². The number of nitrogens with one attached hydrogen (secondary N) is 2. The van der Waals surface area contributed by atoms with Gasteiger partial charge in [0.05, 0.1) is 44.7 Å². The van der Waals surface area contributed by atoms with Gasteiger partial charge in [-0.05, 0) is 30.0 Å². The minimum Gasteiger partial charge on any atom is -0.382 e. The zero-order valence-electron chi connectivity index (χ0n) is 25.0. The molecule has 20 heteroatoms. The number of carbonyl (C=O) groups is 2. The third-order valence-corrected chi connectivity index (χ3v) is 7.95. The molecule has 5 rings (SSSR count). The van der Waals surface area contributed by atoms with Crippen molar-refractivity contribution in [2.75, 3.05) is 20.3 Å². The smallest absolute Gasteiger partial charge is 0.382 e. The number of fused-ring (bicyclic) bond motifs is 1. The van der Waals surface area contributed by atoms with Crippen LogP contribution >= 0.6 is 0 Å². The summed E-state index contributed by atoms with van der Waals surface area (Å²) in [4.78, 5) is 31.1. The van der Waals surface area contributed by atoms with Crippen molar-refractivity contribution in [2.24, 2.45) is 5.92 Å². The first-order valence-electron chi connectivity index (χ1n) is 14.5. The van der Waals surface area contributed by atoms with E-state index in [-0.39, 0.29) is 42.0 Å². The zero-order chi connectivity index (χ0) is 34.3. The van der Waals surface area contributed by atoms with Gasteiger partial charge in [0, 0.05) is 38.4 Å². The van der Waals surface area contributed by atoms with Crippen LogP contribution in [0.4, 0.5) is 39.9 Å². The van der Waals surface area contributed by atoms with Crippen LogP contribution in [-0.4, -0.2) is 86.3 Å². The molecular weight excluding hydrogens is 640 g/mol. The standard InChI is InChI=1S/C26H28F8N8O4/c1-45-12-17(41-11-18(26(32,33)34)37-23(41)44)14-8-19-36-16(10-42(19)35-9-14)20(13-2-5-24(27,28)6-3-13)38-22(43)21-15(39-46-40-21)4-7-25(29,30)31/h8-10,13,17-18,20H,2-7,11-12H2,1H3,(H,37,44)(H,38,43)/t17-,18+,20+/m1/s1/i9D. The van der Waals surface area contributed by atoms with Gasteiger partial charge in [-0.1, -0.05) is 5.16 Å². The van der Waals surface area contributed by atoms with Crippen LogP contribution in [0.2, 0.25) is 0 Å². The minimum absolute atomic E-state index is 0.00431. The summed E-state index contributed by atoms with van der Waals surface area (Å²) < 4.78 is 126. The van der Waals surface area contributed by atoms with Gasteiger partial charge in [-0.15, -0.1) is 0 Å². The zero-order valence-corrected chi connectivity index (χ0v) is 24.0. The first-order valence-corrected chi connectivity index (χ1v) is 14.0. The van der Waals surface area contributed by atoms with E-state index in [0.717, 1.165) is 9.42 Å². The highest BCUT2D eigenvalue weighted by atomic mass is 19.4. The minimum atomic E-state index is -4.73. The van der Waals surface area contributed by atoms with Crippen LogP contribution in [-0.2, 0) is 11.2 Å². The number of methoxy groups -OCH3 is 1. The molecule has 2 N–H and O–H groups in total. The highest BCUT2D eigenvalue weighted by molar-refractivity contribution is 5.93. The molecule has 12 nitrogen and oxygen atoms in total. The first-order chi connectivity index (χ1) is 22.0. The van der Waals surface area contributed by atoms with E-state index in [0.29, 0.717) is 0 Å². The van der Waals surface area contributed by atoms with Gasteiger partial charge in [-0.2, -0.15) is 31.4 Å². The number of urea groups is 1. The van der Waals surface area contributed by atoms with Crippen LogP contribution in [0.1, 0.15) is 73.0 Å². The second kappa shape index (κ2) is 12.6. The predicted octanol–water partition coefficient (Wildman–Crippen LogP) is 4.55.